The van der Waals surface area contributed by atoms with Gasteiger partial charge in [0.05, 0.1) is 14.2 Å². The van der Waals surface area contributed by atoms with Crippen molar-refractivity contribution in [1.82, 2.24) is 0 Å². The summed E-state index contributed by atoms with van der Waals surface area (Å²) in [7, 11) is 2.68. The first-order chi connectivity index (χ1) is 15.1. The molecule has 0 aromatic heterocycles. The van der Waals surface area contributed by atoms with Crippen LogP contribution in [0.3, 0.4) is 0 Å². The lowest BCUT2D eigenvalue weighted by atomic mass is 9.91. The standard InChI is InChI=1S/C24H30O8/c1-6-8-15(25)19-17(27)11-18(31-4)13(22(19)29)10-14-23(30)20(16(26)9-7-2)21(28)12(3)24(14)32-5/h11,27-30H,6-10H2,1-5H3. The van der Waals surface area contributed by atoms with Crippen LogP contribution in [0.25, 0.3) is 0 Å². The molecule has 8 nitrogen and oxygen atoms in total. The predicted molar refractivity (Wildman–Crippen MR) is 119 cm³/mol. The zero-order valence-corrected chi connectivity index (χ0v) is 19.0. The lowest BCUT2D eigenvalue weighted by Gasteiger charge is -2.20. The molecule has 0 aliphatic carbocycles. The van der Waals surface area contributed by atoms with Gasteiger partial charge in [-0.1, -0.05) is 13.8 Å². The van der Waals surface area contributed by atoms with Gasteiger partial charge in [0, 0.05) is 42.0 Å². The van der Waals surface area contributed by atoms with E-state index in [1.54, 1.807) is 20.8 Å². The average Bonchev–Trinajstić information content (AvgIpc) is 2.74. The van der Waals surface area contributed by atoms with E-state index in [4.69, 9.17) is 9.47 Å². The highest BCUT2D eigenvalue weighted by Gasteiger charge is 2.29. The SMILES string of the molecule is CCCC(=O)c1c(O)cc(OC)c(Cc2c(O)c(C(=O)CCC)c(O)c(C)c2OC)c1O. The lowest BCUT2D eigenvalue weighted by Crippen LogP contribution is -2.08. The van der Waals surface area contributed by atoms with Gasteiger partial charge in [-0.2, -0.15) is 0 Å². The molecule has 0 spiro atoms. The van der Waals surface area contributed by atoms with E-state index in [1.807, 2.05) is 0 Å². The van der Waals surface area contributed by atoms with Crippen LogP contribution in [0.5, 0.6) is 34.5 Å². The minimum Gasteiger partial charge on any atom is -0.507 e. The number of carbonyl (C=O) groups is 2. The Morgan fingerprint density at radius 3 is 1.84 bits per heavy atom. The Kier molecular flexibility index (Phi) is 7.97. The molecule has 0 bridgehead atoms. The molecule has 0 saturated carbocycles. The number of benzene rings is 2. The molecule has 0 heterocycles. The fourth-order valence-corrected chi connectivity index (χ4v) is 3.78. The summed E-state index contributed by atoms with van der Waals surface area (Å²) in [5.41, 5.74) is 0.0468. The highest BCUT2D eigenvalue weighted by molar-refractivity contribution is 6.03. The van der Waals surface area contributed by atoms with Gasteiger partial charge in [0.2, 0.25) is 0 Å². The minimum absolute atomic E-state index is 0.0849. The predicted octanol–water partition coefficient (Wildman–Crippen LogP) is 4.39. The van der Waals surface area contributed by atoms with Gasteiger partial charge < -0.3 is 29.9 Å². The number of ether oxygens (including phenoxy) is 2. The number of aromatic hydroxyl groups is 4. The first-order valence-corrected chi connectivity index (χ1v) is 10.4. The van der Waals surface area contributed by atoms with E-state index in [0.29, 0.717) is 12.8 Å². The van der Waals surface area contributed by atoms with Gasteiger partial charge >= 0.3 is 0 Å². The molecule has 0 unspecified atom stereocenters. The minimum atomic E-state index is -0.478. The number of methoxy groups -OCH3 is 2. The van der Waals surface area contributed by atoms with Crippen molar-refractivity contribution in [2.24, 2.45) is 0 Å². The summed E-state index contributed by atoms with van der Waals surface area (Å²) in [5, 5.41) is 42.6. The Hall–Kier alpha value is -3.42. The first-order valence-electron chi connectivity index (χ1n) is 10.4. The number of carbonyl (C=O) groups excluding carboxylic acids is 2. The van der Waals surface area contributed by atoms with Crippen LogP contribution in [0.15, 0.2) is 6.07 Å². The monoisotopic (exact) mass is 446 g/mol. The van der Waals surface area contributed by atoms with Crippen LogP contribution in [0.1, 0.15) is 76.9 Å². The van der Waals surface area contributed by atoms with E-state index in [1.165, 1.54) is 20.3 Å². The van der Waals surface area contributed by atoms with Gasteiger partial charge in [-0.3, -0.25) is 9.59 Å². The van der Waals surface area contributed by atoms with Crippen molar-refractivity contribution in [3.63, 3.8) is 0 Å². The Morgan fingerprint density at radius 2 is 1.34 bits per heavy atom. The highest BCUT2D eigenvalue weighted by atomic mass is 16.5. The molecular weight excluding hydrogens is 416 g/mol. The van der Waals surface area contributed by atoms with Crippen LogP contribution in [0.4, 0.5) is 0 Å². The van der Waals surface area contributed by atoms with E-state index in [2.05, 4.69) is 0 Å². The van der Waals surface area contributed by atoms with Crippen LogP contribution in [0.2, 0.25) is 0 Å². The number of Topliss-reactive ketones (excluding diaryl/α,β-unsaturated/α-hetero) is 2. The summed E-state index contributed by atoms with van der Waals surface area (Å²) < 4.78 is 10.7. The van der Waals surface area contributed by atoms with Gasteiger partial charge in [0.1, 0.15) is 45.6 Å². The summed E-state index contributed by atoms with van der Waals surface area (Å²) in [6.07, 6.45) is 1.09. The summed E-state index contributed by atoms with van der Waals surface area (Å²) in [6, 6.07) is 1.22. The number of ketones is 2. The Balaban J connectivity index is 2.80. The summed E-state index contributed by atoms with van der Waals surface area (Å²) in [6.45, 7) is 5.15. The zero-order chi connectivity index (χ0) is 24.2. The van der Waals surface area contributed by atoms with Crippen LogP contribution in [-0.4, -0.2) is 46.2 Å². The van der Waals surface area contributed by atoms with E-state index in [0.717, 1.165) is 0 Å². The molecule has 4 N–H and O–H groups in total. The number of phenolic OH excluding ortho intramolecular Hbond substituents is 4. The van der Waals surface area contributed by atoms with Crippen LogP contribution >= 0.6 is 0 Å². The first kappa shape index (κ1) is 24.8. The number of hydrogen-bond donors (Lipinski definition) is 4. The lowest BCUT2D eigenvalue weighted by molar-refractivity contribution is 0.0967. The van der Waals surface area contributed by atoms with Crippen molar-refractivity contribution in [2.75, 3.05) is 14.2 Å². The third-order valence-electron chi connectivity index (χ3n) is 5.36. The Morgan fingerprint density at radius 1 is 0.812 bits per heavy atom. The fourth-order valence-electron chi connectivity index (χ4n) is 3.78. The maximum Gasteiger partial charge on any atom is 0.170 e. The highest BCUT2D eigenvalue weighted by Crippen LogP contribution is 2.47. The number of hydrogen-bond acceptors (Lipinski definition) is 8. The van der Waals surface area contributed by atoms with Gasteiger partial charge in [-0.25, -0.2) is 0 Å². The Bertz CT molecular complexity index is 1040. The van der Waals surface area contributed by atoms with Gasteiger partial charge in [0.15, 0.2) is 11.6 Å². The van der Waals surface area contributed by atoms with E-state index in [-0.39, 0.29) is 64.3 Å². The molecule has 0 aliphatic rings. The van der Waals surface area contributed by atoms with Crippen LogP contribution in [0, 0.1) is 6.92 Å². The second-order valence-electron chi connectivity index (χ2n) is 7.53. The second-order valence-corrected chi connectivity index (χ2v) is 7.53. The van der Waals surface area contributed by atoms with Gasteiger partial charge in [0.25, 0.3) is 0 Å². The molecule has 0 radical (unpaired) electrons. The van der Waals surface area contributed by atoms with E-state index < -0.39 is 28.8 Å². The average molecular weight is 446 g/mol. The van der Waals surface area contributed by atoms with Gasteiger partial charge in [-0.15, -0.1) is 0 Å². The molecule has 2 aromatic carbocycles. The molecule has 32 heavy (non-hydrogen) atoms. The third kappa shape index (κ3) is 4.44. The molecule has 0 atom stereocenters. The fraction of sp³-hybridized carbons (Fsp3) is 0.417. The molecule has 2 aromatic rings. The van der Waals surface area contributed by atoms with Crippen molar-refractivity contribution >= 4 is 11.6 Å². The third-order valence-corrected chi connectivity index (χ3v) is 5.36. The van der Waals surface area contributed by atoms with Crippen molar-refractivity contribution in [3.8, 4) is 34.5 Å². The van der Waals surface area contributed by atoms with Crippen LogP contribution < -0.4 is 9.47 Å². The summed E-state index contributed by atoms with van der Waals surface area (Å²) in [5.74, 6) is -2.40. The zero-order valence-electron chi connectivity index (χ0n) is 19.0. The quantitative estimate of drug-likeness (QED) is 0.395. The molecule has 0 fully saturated rings. The topological polar surface area (TPSA) is 134 Å². The smallest absolute Gasteiger partial charge is 0.170 e. The van der Waals surface area contributed by atoms with E-state index in [9.17, 15) is 30.0 Å². The number of phenols is 4. The van der Waals surface area contributed by atoms with Crippen LogP contribution in [-0.2, 0) is 6.42 Å². The van der Waals surface area contributed by atoms with Crippen molar-refractivity contribution in [2.45, 2.75) is 52.9 Å². The molecule has 0 amide bonds. The normalized spacial score (nSPS) is 10.8. The summed E-state index contributed by atoms with van der Waals surface area (Å²) in [4.78, 5) is 25.1. The molecule has 0 aliphatic heterocycles. The maximum atomic E-state index is 12.6. The second kappa shape index (κ2) is 10.3. The van der Waals surface area contributed by atoms with E-state index >= 15 is 0 Å². The van der Waals surface area contributed by atoms with Crippen molar-refractivity contribution < 1.29 is 39.5 Å². The molecule has 8 heteroatoms. The molecule has 174 valence electrons. The van der Waals surface area contributed by atoms with Crippen molar-refractivity contribution in [1.29, 1.82) is 0 Å². The largest absolute Gasteiger partial charge is 0.507 e. The number of rotatable bonds is 10. The van der Waals surface area contributed by atoms with Crippen molar-refractivity contribution in [3.05, 3.63) is 33.9 Å². The Labute approximate surface area is 187 Å². The van der Waals surface area contributed by atoms with Gasteiger partial charge in [-0.05, 0) is 19.8 Å². The molecular formula is C24H30O8. The molecule has 0 saturated heterocycles. The molecule has 2 rings (SSSR count). The maximum absolute atomic E-state index is 12.6. The summed E-state index contributed by atoms with van der Waals surface area (Å²) >= 11 is 0.